The number of nitrogens with one attached hydrogen (secondary N) is 4. The largest absolute Gasteiger partial charge is 0.418 e. The minimum absolute atomic E-state index is 0.0517. The molecule has 0 aliphatic carbocycles. The van der Waals surface area contributed by atoms with Gasteiger partial charge in [0.15, 0.2) is 0 Å². The number of hydrogen-bond donors (Lipinski definition) is 4. The lowest BCUT2D eigenvalue weighted by atomic mass is 10.1. The van der Waals surface area contributed by atoms with Gasteiger partial charge in [0.05, 0.1) is 23.0 Å². The number of ether oxygens (including phenoxy) is 1. The van der Waals surface area contributed by atoms with Gasteiger partial charge in [0.1, 0.15) is 11.9 Å². The molecule has 38 heavy (non-hydrogen) atoms. The molecule has 2 aromatic carbocycles. The number of rotatable bonds is 11. The summed E-state index contributed by atoms with van der Waals surface area (Å²) in [5.41, 5.74) is -1.62. The first-order chi connectivity index (χ1) is 18.1. The number of H-pyrrole nitrogens is 1. The highest BCUT2D eigenvalue weighted by molar-refractivity contribution is 5.97. The second-order valence-electron chi connectivity index (χ2n) is 8.04. The zero-order valence-corrected chi connectivity index (χ0v) is 20.2. The quantitative estimate of drug-likeness (QED) is 0.220. The maximum atomic E-state index is 14.7. The second-order valence-corrected chi connectivity index (χ2v) is 8.04. The Kier molecular flexibility index (Phi) is 9.55. The second kappa shape index (κ2) is 12.8. The number of carbonyl (C=O) groups excluding carboxylic acids is 2. The van der Waals surface area contributed by atoms with Crippen molar-refractivity contribution in [1.29, 1.82) is 0 Å². The Balaban J connectivity index is 1.67. The lowest BCUT2D eigenvalue weighted by molar-refractivity contribution is -0.137. The molecule has 0 radical (unpaired) electrons. The van der Waals surface area contributed by atoms with E-state index in [1.54, 1.807) is 6.92 Å². The van der Waals surface area contributed by atoms with Gasteiger partial charge in [-0.15, -0.1) is 0 Å². The Morgan fingerprint density at radius 3 is 2.58 bits per heavy atom. The molecule has 4 N–H and O–H groups in total. The normalized spacial score (nSPS) is 12.0. The first-order valence-electron chi connectivity index (χ1n) is 11.5. The van der Waals surface area contributed by atoms with E-state index in [1.807, 2.05) is 0 Å². The molecule has 2 amide bonds. The number of alkyl halides is 3. The van der Waals surface area contributed by atoms with Crippen molar-refractivity contribution in [2.75, 3.05) is 18.5 Å². The van der Waals surface area contributed by atoms with Crippen LogP contribution >= 0.6 is 0 Å². The number of para-hydroxylation sites is 1. The summed E-state index contributed by atoms with van der Waals surface area (Å²) < 4.78 is 59.6. The van der Waals surface area contributed by atoms with Crippen LogP contribution in [0.5, 0.6) is 0 Å². The van der Waals surface area contributed by atoms with Gasteiger partial charge in [-0.05, 0) is 37.6 Å². The third-order valence-corrected chi connectivity index (χ3v) is 5.32. The molecule has 13 heteroatoms. The van der Waals surface area contributed by atoms with Gasteiger partial charge in [-0.3, -0.25) is 14.4 Å². The molecular weight excluding hydrogens is 510 g/mol. The summed E-state index contributed by atoms with van der Waals surface area (Å²) in [6, 6.07) is 8.50. The molecule has 0 spiro atoms. The van der Waals surface area contributed by atoms with E-state index < -0.39 is 41.0 Å². The minimum Gasteiger partial charge on any atom is -0.382 e. The van der Waals surface area contributed by atoms with Gasteiger partial charge >= 0.3 is 6.18 Å². The molecular formula is C25H25F4N5O4. The van der Waals surface area contributed by atoms with E-state index >= 15 is 0 Å². The molecule has 0 aliphatic rings. The Morgan fingerprint density at radius 2 is 1.89 bits per heavy atom. The summed E-state index contributed by atoms with van der Waals surface area (Å²) >= 11 is 0. The molecule has 3 rings (SSSR count). The van der Waals surface area contributed by atoms with Crippen molar-refractivity contribution in [2.45, 2.75) is 32.1 Å². The van der Waals surface area contributed by atoms with Gasteiger partial charge in [0.2, 0.25) is 5.91 Å². The van der Waals surface area contributed by atoms with Crippen LogP contribution in [-0.4, -0.2) is 41.3 Å². The predicted octanol–water partition coefficient (Wildman–Crippen LogP) is 3.51. The van der Waals surface area contributed by atoms with E-state index in [9.17, 15) is 31.9 Å². The fraction of sp³-hybridized carbons (Fsp3) is 0.280. The standard InChI is InChI=1S/C25H25F4N5O4/c1-2-38-10-9-21(33-23(36)16-11-22(35)34-31-14-16)24(37)30-13-15-7-8-17(12-19(15)26)32-20-6-4-3-5-18(20)25(27,28)29/h3-8,11-12,14,21,32H,2,9-10,13H2,1H3,(H,30,37)(H,33,36)(H,34,35). The van der Waals surface area contributed by atoms with Crippen LogP contribution in [0.15, 0.2) is 59.5 Å². The van der Waals surface area contributed by atoms with Crippen molar-refractivity contribution >= 4 is 23.2 Å². The smallest absolute Gasteiger partial charge is 0.382 e. The first kappa shape index (κ1) is 28.3. The van der Waals surface area contributed by atoms with Crippen LogP contribution in [0, 0.1) is 5.82 Å². The topological polar surface area (TPSA) is 125 Å². The van der Waals surface area contributed by atoms with Crippen molar-refractivity contribution in [1.82, 2.24) is 20.8 Å². The first-order valence-corrected chi connectivity index (χ1v) is 11.5. The number of carbonyl (C=O) groups is 2. The Morgan fingerprint density at radius 1 is 1.13 bits per heavy atom. The molecule has 0 aliphatic heterocycles. The van der Waals surface area contributed by atoms with E-state index in [2.05, 4.69) is 26.1 Å². The highest BCUT2D eigenvalue weighted by Gasteiger charge is 2.33. The van der Waals surface area contributed by atoms with Gasteiger partial charge in [-0.1, -0.05) is 18.2 Å². The van der Waals surface area contributed by atoms with Crippen LogP contribution < -0.4 is 21.5 Å². The molecule has 0 bridgehead atoms. The van der Waals surface area contributed by atoms with Crippen molar-refractivity contribution < 1.29 is 31.9 Å². The van der Waals surface area contributed by atoms with E-state index in [4.69, 9.17) is 4.74 Å². The van der Waals surface area contributed by atoms with Crippen LogP contribution in [0.3, 0.4) is 0 Å². The summed E-state index contributed by atoms with van der Waals surface area (Å²) in [5.74, 6) is -2.10. The fourth-order valence-corrected chi connectivity index (χ4v) is 3.43. The molecule has 0 saturated heterocycles. The van der Waals surface area contributed by atoms with E-state index in [0.29, 0.717) is 6.61 Å². The number of aromatic amines is 1. The zero-order chi connectivity index (χ0) is 27.7. The fourth-order valence-electron chi connectivity index (χ4n) is 3.43. The van der Waals surface area contributed by atoms with Crippen molar-refractivity contribution in [3.05, 3.63) is 87.6 Å². The average Bonchev–Trinajstić information content (AvgIpc) is 2.87. The number of halogens is 4. The van der Waals surface area contributed by atoms with E-state index in [-0.39, 0.29) is 42.1 Å². The zero-order valence-electron chi connectivity index (χ0n) is 20.2. The molecule has 9 nitrogen and oxygen atoms in total. The van der Waals surface area contributed by atoms with Crippen molar-refractivity contribution in [3.63, 3.8) is 0 Å². The predicted molar refractivity (Wildman–Crippen MR) is 130 cm³/mol. The third kappa shape index (κ3) is 7.87. The highest BCUT2D eigenvalue weighted by atomic mass is 19.4. The molecule has 1 heterocycles. The van der Waals surface area contributed by atoms with Gasteiger partial charge in [-0.25, -0.2) is 9.49 Å². The number of aromatic nitrogens is 2. The number of anilines is 2. The summed E-state index contributed by atoms with van der Waals surface area (Å²) in [6.07, 6.45) is -3.36. The number of benzene rings is 2. The van der Waals surface area contributed by atoms with Crippen LogP contribution in [0.2, 0.25) is 0 Å². The lowest BCUT2D eigenvalue weighted by Gasteiger charge is -2.19. The molecule has 1 atom stereocenters. The van der Waals surface area contributed by atoms with Gasteiger partial charge in [0, 0.05) is 37.1 Å². The maximum absolute atomic E-state index is 14.7. The molecule has 3 aromatic rings. The summed E-state index contributed by atoms with van der Waals surface area (Å²) in [4.78, 5) is 36.7. The monoisotopic (exact) mass is 535 g/mol. The third-order valence-electron chi connectivity index (χ3n) is 5.32. The van der Waals surface area contributed by atoms with Gasteiger partial charge in [-0.2, -0.15) is 18.3 Å². The van der Waals surface area contributed by atoms with Crippen molar-refractivity contribution in [2.24, 2.45) is 0 Å². The Labute approximate surface area is 214 Å². The lowest BCUT2D eigenvalue weighted by Crippen LogP contribution is -2.47. The summed E-state index contributed by atoms with van der Waals surface area (Å²) in [5, 5.41) is 13.3. The molecule has 1 aromatic heterocycles. The van der Waals surface area contributed by atoms with Crippen molar-refractivity contribution in [3.8, 4) is 0 Å². The van der Waals surface area contributed by atoms with Crippen LogP contribution in [-0.2, 0) is 22.3 Å². The maximum Gasteiger partial charge on any atom is 0.418 e. The van der Waals surface area contributed by atoms with Crippen LogP contribution in [0.1, 0.15) is 34.8 Å². The SMILES string of the molecule is CCOCCC(NC(=O)c1cn[nH]c(=O)c1)C(=O)NCc1ccc(Nc2ccccc2C(F)(F)F)cc1F. The molecule has 0 saturated carbocycles. The van der Waals surface area contributed by atoms with Gasteiger partial charge < -0.3 is 20.7 Å². The average molecular weight is 535 g/mol. The summed E-state index contributed by atoms with van der Waals surface area (Å²) in [6.45, 7) is 2.05. The van der Waals surface area contributed by atoms with Crippen LogP contribution in [0.25, 0.3) is 0 Å². The minimum atomic E-state index is -4.59. The Bertz CT molecular complexity index is 1330. The molecule has 0 fully saturated rings. The number of nitrogens with zero attached hydrogens (tertiary/aromatic N) is 1. The molecule has 1 unspecified atom stereocenters. The molecule has 202 valence electrons. The van der Waals surface area contributed by atoms with E-state index in [1.165, 1.54) is 30.3 Å². The number of hydrogen-bond acceptors (Lipinski definition) is 6. The Hall–Kier alpha value is -4.26. The summed E-state index contributed by atoms with van der Waals surface area (Å²) in [7, 11) is 0. The van der Waals surface area contributed by atoms with Crippen LogP contribution in [0.4, 0.5) is 28.9 Å². The van der Waals surface area contributed by atoms with Gasteiger partial charge in [0.25, 0.3) is 11.5 Å². The number of amides is 2. The van der Waals surface area contributed by atoms with E-state index in [0.717, 1.165) is 24.4 Å². The highest BCUT2D eigenvalue weighted by Crippen LogP contribution is 2.36.